The zero-order valence-electron chi connectivity index (χ0n) is 17.0. The number of hydrogen-bond donors (Lipinski definition) is 3. The molecule has 0 atom stereocenters. The Labute approximate surface area is 186 Å². The minimum absolute atomic E-state index is 0.350. The van der Waals surface area contributed by atoms with E-state index in [1.807, 2.05) is 6.07 Å². The predicted octanol–water partition coefficient (Wildman–Crippen LogP) is 5.63. The van der Waals surface area contributed by atoms with Crippen molar-refractivity contribution in [2.75, 3.05) is 16.0 Å². The van der Waals surface area contributed by atoms with Gasteiger partial charge < -0.3 is 16.0 Å². The first-order valence-electron chi connectivity index (χ1n) is 9.73. The highest BCUT2D eigenvalue weighted by Crippen LogP contribution is 2.32. The number of amides is 1. The lowest BCUT2D eigenvalue weighted by Crippen LogP contribution is -2.18. The second kappa shape index (κ2) is 9.35. The number of aromatic nitrogens is 3. The summed E-state index contributed by atoms with van der Waals surface area (Å²) in [5.74, 6) is 0.844. The molecule has 4 aromatic rings. The van der Waals surface area contributed by atoms with Crippen LogP contribution >= 0.6 is 0 Å². The number of nitrogens with zero attached hydrogens (tertiary/aromatic N) is 3. The van der Waals surface area contributed by atoms with Crippen LogP contribution in [0.1, 0.15) is 15.9 Å². The molecule has 7 nitrogen and oxygen atoms in total. The fourth-order valence-corrected chi connectivity index (χ4v) is 2.97. The highest BCUT2D eigenvalue weighted by molar-refractivity contribution is 6.05. The monoisotopic (exact) mass is 450 g/mol. The van der Waals surface area contributed by atoms with Crippen LogP contribution in [-0.4, -0.2) is 20.9 Å². The molecule has 4 rings (SSSR count). The molecule has 0 aliphatic heterocycles. The second-order valence-corrected chi connectivity index (χ2v) is 6.83. The number of halogens is 3. The molecule has 3 N–H and O–H groups in total. The second-order valence-electron chi connectivity index (χ2n) is 6.83. The zero-order valence-corrected chi connectivity index (χ0v) is 17.0. The third kappa shape index (κ3) is 5.62. The van der Waals surface area contributed by atoms with Gasteiger partial charge in [-0.05, 0) is 48.5 Å². The maximum absolute atomic E-state index is 13.2. The van der Waals surface area contributed by atoms with Crippen molar-refractivity contribution in [2.24, 2.45) is 0 Å². The molecule has 2 aromatic heterocycles. The molecule has 1 amide bonds. The number of nitrogens with one attached hydrogen (secondary N) is 3. The van der Waals surface area contributed by atoms with Gasteiger partial charge in [0.25, 0.3) is 5.91 Å². The van der Waals surface area contributed by atoms with Gasteiger partial charge in [-0.1, -0.05) is 18.2 Å². The van der Waals surface area contributed by atoms with Crippen LogP contribution in [0.15, 0.2) is 85.3 Å². The predicted molar refractivity (Wildman–Crippen MR) is 119 cm³/mol. The Bertz CT molecular complexity index is 1250. The lowest BCUT2D eigenvalue weighted by atomic mass is 10.1. The molecular formula is C23H17F3N6O. The maximum atomic E-state index is 13.2. The third-order valence-electron chi connectivity index (χ3n) is 4.48. The number of carbonyl (C=O) groups excluding carboxylic acids is 1. The molecule has 0 aliphatic carbocycles. The molecule has 166 valence electrons. The topological polar surface area (TPSA) is 91.8 Å². The van der Waals surface area contributed by atoms with Gasteiger partial charge in [0.15, 0.2) is 0 Å². The fraction of sp³-hybridized carbons (Fsp3) is 0.0435. The lowest BCUT2D eigenvalue weighted by molar-refractivity contribution is -0.137. The van der Waals surface area contributed by atoms with E-state index < -0.39 is 23.2 Å². The third-order valence-corrected chi connectivity index (χ3v) is 4.48. The standard InChI is InChI=1S/C23H17F3N6O/c24-23(25,26)18-6-2-1-5-17(18)22(33)31-16-10-8-15(9-11-16)30-20-13-21(29-14-28-20)32-19-7-3-4-12-27-19/h1-14H,(H,31,33)(H2,27,28,29,30,32). The summed E-state index contributed by atoms with van der Waals surface area (Å²) in [6, 6.07) is 18.3. The molecule has 33 heavy (non-hydrogen) atoms. The Morgan fingerprint density at radius 3 is 2.09 bits per heavy atom. The lowest BCUT2D eigenvalue weighted by Gasteiger charge is -2.13. The molecule has 0 fully saturated rings. The van der Waals surface area contributed by atoms with Crippen molar-refractivity contribution in [1.29, 1.82) is 0 Å². The summed E-state index contributed by atoms with van der Waals surface area (Å²) in [7, 11) is 0. The van der Waals surface area contributed by atoms with Crippen molar-refractivity contribution in [3.05, 3.63) is 96.4 Å². The molecule has 0 saturated carbocycles. The summed E-state index contributed by atoms with van der Waals surface area (Å²) >= 11 is 0. The average molecular weight is 450 g/mol. The maximum Gasteiger partial charge on any atom is 0.417 e. The molecular weight excluding hydrogens is 433 g/mol. The number of rotatable bonds is 6. The summed E-state index contributed by atoms with van der Waals surface area (Å²) in [5, 5.41) is 8.65. The van der Waals surface area contributed by atoms with Crippen molar-refractivity contribution >= 4 is 34.7 Å². The van der Waals surface area contributed by atoms with Crippen LogP contribution in [0.5, 0.6) is 0 Å². The highest BCUT2D eigenvalue weighted by Gasteiger charge is 2.34. The molecule has 2 aromatic carbocycles. The van der Waals surface area contributed by atoms with Crippen LogP contribution in [0.4, 0.5) is 42.0 Å². The van der Waals surface area contributed by atoms with Crippen LogP contribution in [0.25, 0.3) is 0 Å². The summed E-state index contributed by atoms with van der Waals surface area (Å²) in [5.41, 5.74) is -0.422. The number of anilines is 5. The normalized spacial score (nSPS) is 11.0. The highest BCUT2D eigenvalue weighted by atomic mass is 19.4. The number of alkyl halides is 3. The Balaban J connectivity index is 1.42. The van der Waals surface area contributed by atoms with E-state index in [0.29, 0.717) is 28.8 Å². The van der Waals surface area contributed by atoms with Crippen molar-refractivity contribution in [1.82, 2.24) is 15.0 Å². The van der Waals surface area contributed by atoms with Gasteiger partial charge in [0, 0.05) is 23.6 Å². The summed E-state index contributed by atoms with van der Waals surface area (Å²) in [6.07, 6.45) is -1.57. The largest absolute Gasteiger partial charge is 0.417 e. The molecule has 0 bridgehead atoms. The van der Waals surface area contributed by atoms with E-state index in [1.54, 1.807) is 48.7 Å². The summed E-state index contributed by atoms with van der Waals surface area (Å²) in [6.45, 7) is 0. The van der Waals surface area contributed by atoms with Crippen LogP contribution in [0.3, 0.4) is 0 Å². The van der Waals surface area contributed by atoms with Gasteiger partial charge in [-0.3, -0.25) is 4.79 Å². The van der Waals surface area contributed by atoms with E-state index in [0.717, 1.165) is 12.1 Å². The van der Waals surface area contributed by atoms with E-state index in [1.165, 1.54) is 18.5 Å². The molecule has 0 radical (unpaired) electrons. The van der Waals surface area contributed by atoms with Gasteiger partial charge in [0.1, 0.15) is 23.8 Å². The van der Waals surface area contributed by atoms with Gasteiger partial charge in [-0.25, -0.2) is 15.0 Å². The molecule has 0 aliphatic rings. The molecule has 0 spiro atoms. The van der Waals surface area contributed by atoms with Crippen molar-refractivity contribution in [3.8, 4) is 0 Å². The Hall–Kier alpha value is -4.47. The Morgan fingerprint density at radius 2 is 1.39 bits per heavy atom. The van der Waals surface area contributed by atoms with E-state index >= 15 is 0 Å². The molecule has 0 saturated heterocycles. The van der Waals surface area contributed by atoms with Gasteiger partial charge in [-0.15, -0.1) is 0 Å². The van der Waals surface area contributed by atoms with Crippen LogP contribution < -0.4 is 16.0 Å². The van der Waals surface area contributed by atoms with E-state index in [4.69, 9.17) is 0 Å². The number of benzene rings is 2. The van der Waals surface area contributed by atoms with Crippen LogP contribution in [0, 0.1) is 0 Å². The molecule has 0 unspecified atom stereocenters. The minimum Gasteiger partial charge on any atom is -0.340 e. The number of carbonyl (C=O) groups is 1. The van der Waals surface area contributed by atoms with Gasteiger partial charge >= 0.3 is 6.18 Å². The quantitative estimate of drug-likeness (QED) is 0.353. The molecule has 2 heterocycles. The minimum atomic E-state index is -4.62. The van der Waals surface area contributed by atoms with Gasteiger partial charge in [0.05, 0.1) is 11.1 Å². The smallest absolute Gasteiger partial charge is 0.340 e. The first kappa shape index (κ1) is 21.8. The average Bonchev–Trinajstić information content (AvgIpc) is 2.81. The van der Waals surface area contributed by atoms with E-state index in [-0.39, 0.29) is 0 Å². The van der Waals surface area contributed by atoms with E-state index in [2.05, 4.69) is 30.9 Å². The molecule has 10 heteroatoms. The summed E-state index contributed by atoms with van der Waals surface area (Å²) < 4.78 is 39.5. The van der Waals surface area contributed by atoms with Gasteiger partial charge in [-0.2, -0.15) is 13.2 Å². The van der Waals surface area contributed by atoms with Crippen molar-refractivity contribution in [2.45, 2.75) is 6.18 Å². The number of pyridine rings is 1. The fourth-order valence-electron chi connectivity index (χ4n) is 2.97. The van der Waals surface area contributed by atoms with Gasteiger partial charge in [0.2, 0.25) is 0 Å². The Kier molecular flexibility index (Phi) is 6.16. The summed E-state index contributed by atoms with van der Waals surface area (Å²) in [4.78, 5) is 24.9. The first-order chi connectivity index (χ1) is 15.9. The van der Waals surface area contributed by atoms with Crippen LogP contribution in [-0.2, 0) is 6.18 Å². The zero-order chi connectivity index (χ0) is 23.3. The SMILES string of the molecule is O=C(Nc1ccc(Nc2cc(Nc3ccccn3)ncn2)cc1)c1ccccc1C(F)(F)F. The Morgan fingerprint density at radius 1 is 0.727 bits per heavy atom. The number of hydrogen-bond acceptors (Lipinski definition) is 6. The van der Waals surface area contributed by atoms with Crippen LogP contribution in [0.2, 0.25) is 0 Å². The van der Waals surface area contributed by atoms with Crippen molar-refractivity contribution < 1.29 is 18.0 Å². The van der Waals surface area contributed by atoms with Crippen molar-refractivity contribution in [3.63, 3.8) is 0 Å². The first-order valence-corrected chi connectivity index (χ1v) is 9.73. The van der Waals surface area contributed by atoms with E-state index in [9.17, 15) is 18.0 Å².